The molecule has 1 aromatic rings. The fourth-order valence-corrected chi connectivity index (χ4v) is 2.03. The lowest BCUT2D eigenvalue weighted by molar-refractivity contribution is -0.139. The lowest BCUT2D eigenvalue weighted by Gasteiger charge is -2.07. The van der Waals surface area contributed by atoms with Crippen molar-refractivity contribution in [2.24, 2.45) is 0 Å². The molecule has 0 aliphatic rings. The lowest BCUT2D eigenvalue weighted by Crippen LogP contribution is -2.40. The highest BCUT2D eigenvalue weighted by Gasteiger charge is 2.11. The average Bonchev–Trinajstić information content (AvgIpc) is 2.55. The Bertz CT molecular complexity index is 457. The number of methoxy groups -OCH3 is 1. The summed E-state index contributed by atoms with van der Waals surface area (Å²) in [5, 5.41) is 5.27. The van der Waals surface area contributed by atoms with Gasteiger partial charge in [-0.15, -0.1) is 0 Å². The van der Waals surface area contributed by atoms with Crippen LogP contribution in [0.3, 0.4) is 0 Å². The molecular weight excluding hydrogens is 280 g/mol. The summed E-state index contributed by atoms with van der Waals surface area (Å²) >= 11 is 0. The molecule has 0 aliphatic heterocycles. The van der Waals surface area contributed by atoms with Gasteiger partial charge >= 0.3 is 11.8 Å². The van der Waals surface area contributed by atoms with Crippen LogP contribution in [-0.2, 0) is 16.0 Å². The van der Waals surface area contributed by atoms with Crippen molar-refractivity contribution < 1.29 is 14.3 Å². The Kier molecular flexibility index (Phi) is 8.72. The smallest absolute Gasteiger partial charge is 0.309 e. The summed E-state index contributed by atoms with van der Waals surface area (Å²) in [6, 6.07) is 7.64. The van der Waals surface area contributed by atoms with Crippen molar-refractivity contribution in [2.45, 2.75) is 39.0 Å². The molecule has 122 valence electrons. The van der Waals surface area contributed by atoms with Gasteiger partial charge in [0.15, 0.2) is 0 Å². The number of rotatable bonds is 9. The number of unbranched alkanes of at least 4 members (excludes halogenated alkanes) is 3. The largest absolute Gasteiger partial charge is 0.497 e. The maximum absolute atomic E-state index is 11.6. The quantitative estimate of drug-likeness (QED) is 0.542. The standard InChI is InChI=1S/C17H26N2O3/c1-3-4-5-6-12-18-16(20)17(21)19-13-11-14-7-9-15(22-2)10-8-14/h7-10H,3-6,11-13H2,1-2H3,(H,18,20)(H,19,21). The van der Waals surface area contributed by atoms with Crippen molar-refractivity contribution in [2.75, 3.05) is 20.2 Å². The minimum Gasteiger partial charge on any atom is -0.497 e. The molecule has 0 fully saturated rings. The van der Waals surface area contributed by atoms with Gasteiger partial charge in [-0.2, -0.15) is 0 Å². The number of hydrogen-bond donors (Lipinski definition) is 2. The van der Waals surface area contributed by atoms with Crippen molar-refractivity contribution >= 4 is 11.8 Å². The first-order chi connectivity index (χ1) is 10.7. The topological polar surface area (TPSA) is 67.4 Å². The highest BCUT2D eigenvalue weighted by molar-refractivity contribution is 6.35. The summed E-state index contributed by atoms with van der Waals surface area (Å²) in [6.45, 7) is 3.13. The highest BCUT2D eigenvalue weighted by Crippen LogP contribution is 2.11. The van der Waals surface area contributed by atoms with E-state index in [0.717, 1.165) is 37.0 Å². The first-order valence-electron chi connectivity index (χ1n) is 7.86. The zero-order valence-electron chi connectivity index (χ0n) is 13.5. The van der Waals surface area contributed by atoms with E-state index in [9.17, 15) is 9.59 Å². The van der Waals surface area contributed by atoms with E-state index in [2.05, 4.69) is 17.6 Å². The second-order valence-electron chi connectivity index (χ2n) is 5.17. The first kappa shape index (κ1) is 18.0. The van der Waals surface area contributed by atoms with Crippen molar-refractivity contribution in [3.05, 3.63) is 29.8 Å². The number of ether oxygens (including phenoxy) is 1. The van der Waals surface area contributed by atoms with E-state index in [1.54, 1.807) is 7.11 Å². The van der Waals surface area contributed by atoms with Crippen LogP contribution < -0.4 is 15.4 Å². The molecule has 0 saturated heterocycles. The predicted molar refractivity (Wildman–Crippen MR) is 86.9 cm³/mol. The summed E-state index contributed by atoms with van der Waals surface area (Å²) in [5.41, 5.74) is 1.08. The van der Waals surface area contributed by atoms with Crippen LogP contribution in [0, 0.1) is 0 Å². The van der Waals surface area contributed by atoms with Gasteiger partial charge in [0.2, 0.25) is 0 Å². The van der Waals surface area contributed by atoms with E-state index in [-0.39, 0.29) is 0 Å². The van der Waals surface area contributed by atoms with Crippen molar-refractivity contribution in [1.29, 1.82) is 0 Å². The number of amides is 2. The minimum absolute atomic E-state index is 0.439. The molecule has 1 aromatic carbocycles. The third kappa shape index (κ3) is 7.11. The van der Waals surface area contributed by atoms with Crippen molar-refractivity contribution in [3.63, 3.8) is 0 Å². The monoisotopic (exact) mass is 306 g/mol. The van der Waals surface area contributed by atoms with E-state index >= 15 is 0 Å². The zero-order chi connectivity index (χ0) is 16.2. The molecule has 0 bridgehead atoms. The molecule has 22 heavy (non-hydrogen) atoms. The summed E-state index contributed by atoms with van der Waals surface area (Å²) in [6.07, 6.45) is 4.98. The Morgan fingerprint density at radius 2 is 1.59 bits per heavy atom. The molecule has 2 amide bonds. The van der Waals surface area contributed by atoms with Crippen LogP contribution in [0.15, 0.2) is 24.3 Å². The molecule has 1 rings (SSSR count). The molecule has 0 unspecified atom stereocenters. The number of carbonyl (C=O) groups excluding carboxylic acids is 2. The molecule has 0 aliphatic carbocycles. The second kappa shape index (κ2) is 10.7. The van der Waals surface area contributed by atoms with Gasteiger partial charge in [0.25, 0.3) is 0 Å². The van der Waals surface area contributed by atoms with Gasteiger partial charge in [-0.3, -0.25) is 9.59 Å². The molecule has 0 spiro atoms. The SMILES string of the molecule is CCCCCCNC(=O)C(=O)NCCc1ccc(OC)cc1. The van der Waals surface area contributed by atoms with Crippen molar-refractivity contribution in [1.82, 2.24) is 10.6 Å². The van der Waals surface area contributed by atoms with Gasteiger partial charge in [0.05, 0.1) is 7.11 Å². The van der Waals surface area contributed by atoms with Gasteiger partial charge in [0.1, 0.15) is 5.75 Å². The van der Waals surface area contributed by atoms with Gasteiger partial charge in [-0.05, 0) is 30.5 Å². The van der Waals surface area contributed by atoms with Crippen LogP contribution in [-0.4, -0.2) is 32.0 Å². The number of hydrogen-bond acceptors (Lipinski definition) is 3. The molecule has 0 heterocycles. The molecule has 2 N–H and O–H groups in total. The number of nitrogens with one attached hydrogen (secondary N) is 2. The summed E-state index contributed by atoms with van der Waals surface area (Å²) in [4.78, 5) is 23.2. The van der Waals surface area contributed by atoms with Crippen LogP contribution in [0.25, 0.3) is 0 Å². The maximum Gasteiger partial charge on any atom is 0.309 e. The van der Waals surface area contributed by atoms with Crippen molar-refractivity contribution in [3.8, 4) is 5.75 Å². The number of benzene rings is 1. The Hall–Kier alpha value is -2.04. The van der Waals surface area contributed by atoms with Crippen LogP contribution in [0.4, 0.5) is 0 Å². The van der Waals surface area contributed by atoms with E-state index in [1.807, 2.05) is 24.3 Å². The van der Waals surface area contributed by atoms with Crippen LogP contribution in [0.1, 0.15) is 38.2 Å². The van der Waals surface area contributed by atoms with Crippen LogP contribution in [0.2, 0.25) is 0 Å². The molecule has 0 radical (unpaired) electrons. The third-order valence-corrected chi connectivity index (χ3v) is 3.38. The fourth-order valence-electron chi connectivity index (χ4n) is 2.03. The fraction of sp³-hybridized carbons (Fsp3) is 0.529. The van der Waals surface area contributed by atoms with Gasteiger partial charge in [-0.25, -0.2) is 0 Å². The summed E-state index contributed by atoms with van der Waals surface area (Å²) in [7, 11) is 1.62. The molecule has 5 nitrogen and oxygen atoms in total. The van der Waals surface area contributed by atoms with Crippen LogP contribution in [0.5, 0.6) is 5.75 Å². The van der Waals surface area contributed by atoms with E-state index < -0.39 is 11.8 Å². The molecule has 0 saturated carbocycles. The first-order valence-corrected chi connectivity index (χ1v) is 7.86. The molecular formula is C17H26N2O3. The predicted octanol–water partition coefficient (Wildman–Crippen LogP) is 2.05. The Morgan fingerprint density at radius 3 is 2.18 bits per heavy atom. The van der Waals surface area contributed by atoms with Crippen LogP contribution >= 0.6 is 0 Å². The summed E-state index contributed by atoms with van der Waals surface area (Å²) < 4.78 is 5.08. The Balaban J connectivity index is 2.17. The van der Waals surface area contributed by atoms with Gasteiger partial charge in [-0.1, -0.05) is 38.3 Å². The molecule has 5 heteroatoms. The minimum atomic E-state index is -0.566. The third-order valence-electron chi connectivity index (χ3n) is 3.38. The van der Waals surface area contributed by atoms with E-state index in [4.69, 9.17) is 4.74 Å². The highest BCUT2D eigenvalue weighted by atomic mass is 16.5. The normalized spacial score (nSPS) is 10.1. The Morgan fingerprint density at radius 1 is 0.955 bits per heavy atom. The van der Waals surface area contributed by atoms with Gasteiger partial charge < -0.3 is 15.4 Å². The lowest BCUT2D eigenvalue weighted by atomic mass is 10.1. The maximum atomic E-state index is 11.6. The van der Waals surface area contributed by atoms with Gasteiger partial charge in [0, 0.05) is 13.1 Å². The van der Waals surface area contributed by atoms with E-state index in [0.29, 0.717) is 19.5 Å². The molecule has 0 aromatic heterocycles. The second-order valence-corrected chi connectivity index (χ2v) is 5.17. The molecule has 0 atom stereocenters. The number of carbonyl (C=O) groups is 2. The average molecular weight is 306 g/mol. The Labute approximate surface area is 132 Å². The van der Waals surface area contributed by atoms with E-state index in [1.165, 1.54) is 0 Å². The zero-order valence-corrected chi connectivity index (χ0v) is 13.5. The summed E-state index contributed by atoms with van der Waals surface area (Å²) in [5.74, 6) is -0.314.